The van der Waals surface area contributed by atoms with Gasteiger partial charge in [-0.05, 0) is 38.1 Å². The summed E-state index contributed by atoms with van der Waals surface area (Å²) >= 11 is 0. The van der Waals surface area contributed by atoms with Crippen molar-refractivity contribution in [2.75, 3.05) is 13.2 Å². The molecule has 0 radical (unpaired) electrons. The first-order chi connectivity index (χ1) is 8.86. The molecule has 0 aromatic heterocycles. The Labute approximate surface area is 111 Å². The number of carbonyl (C=O) groups is 2. The Bertz CT molecular complexity index is 453. The van der Waals surface area contributed by atoms with Crippen LogP contribution < -0.4 is 10.1 Å². The van der Waals surface area contributed by atoms with Crippen molar-refractivity contribution in [3.05, 3.63) is 29.8 Å². The topological polar surface area (TPSA) is 95.9 Å². The van der Waals surface area contributed by atoms with Crippen molar-refractivity contribution in [3.63, 3.8) is 0 Å². The minimum absolute atomic E-state index is 0.365. The highest BCUT2D eigenvalue weighted by molar-refractivity contribution is 5.94. The number of ether oxygens (including phenoxy) is 1. The molecule has 0 heterocycles. The quantitative estimate of drug-likeness (QED) is 0.703. The van der Waals surface area contributed by atoms with Crippen LogP contribution >= 0.6 is 0 Å². The molecule has 0 fully saturated rings. The van der Waals surface area contributed by atoms with Crippen LogP contribution in [0.2, 0.25) is 0 Å². The molecule has 1 aromatic carbocycles. The molecular formula is C13H17NO5. The lowest BCUT2D eigenvalue weighted by molar-refractivity contribution is -0.155. The fraction of sp³-hybridized carbons (Fsp3) is 0.385. The molecule has 1 aromatic rings. The van der Waals surface area contributed by atoms with E-state index in [2.05, 4.69) is 5.32 Å². The molecule has 1 unspecified atom stereocenters. The maximum Gasteiger partial charge on any atom is 0.337 e. The highest BCUT2D eigenvalue weighted by atomic mass is 16.5. The first-order valence-electron chi connectivity index (χ1n) is 5.83. The zero-order chi connectivity index (χ0) is 14.5. The molecule has 0 saturated carbocycles. The lowest BCUT2D eigenvalue weighted by atomic mass is 10.1. The summed E-state index contributed by atoms with van der Waals surface area (Å²) < 4.78 is 5.24. The van der Waals surface area contributed by atoms with Crippen molar-refractivity contribution in [2.24, 2.45) is 0 Å². The normalized spacial score (nSPS) is 13.4. The fourth-order valence-corrected chi connectivity index (χ4v) is 1.30. The van der Waals surface area contributed by atoms with Crippen LogP contribution in [0.25, 0.3) is 0 Å². The second-order valence-electron chi connectivity index (χ2n) is 4.22. The van der Waals surface area contributed by atoms with E-state index in [4.69, 9.17) is 9.84 Å². The third-order valence-electron chi connectivity index (χ3n) is 2.48. The molecule has 104 valence electrons. The summed E-state index contributed by atoms with van der Waals surface area (Å²) in [6.07, 6.45) is 0. The minimum Gasteiger partial charge on any atom is -0.494 e. The Hall–Kier alpha value is -2.08. The van der Waals surface area contributed by atoms with E-state index in [1.807, 2.05) is 6.92 Å². The Balaban J connectivity index is 2.61. The van der Waals surface area contributed by atoms with Crippen molar-refractivity contribution in [1.82, 2.24) is 5.32 Å². The predicted molar refractivity (Wildman–Crippen MR) is 68.2 cm³/mol. The largest absolute Gasteiger partial charge is 0.494 e. The summed E-state index contributed by atoms with van der Waals surface area (Å²) in [5.74, 6) is -1.19. The van der Waals surface area contributed by atoms with Crippen molar-refractivity contribution in [1.29, 1.82) is 0 Å². The molecule has 0 saturated heterocycles. The van der Waals surface area contributed by atoms with Crippen molar-refractivity contribution in [3.8, 4) is 5.75 Å². The first-order valence-corrected chi connectivity index (χ1v) is 5.83. The molecule has 19 heavy (non-hydrogen) atoms. The van der Waals surface area contributed by atoms with Crippen LogP contribution in [0.1, 0.15) is 24.2 Å². The number of benzene rings is 1. The molecule has 1 amide bonds. The number of carboxylic acid groups (broad SMARTS) is 1. The number of amides is 1. The van der Waals surface area contributed by atoms with Crippen LogP contribution in [-0.4, -0.2) is 40.8 Å². The van der Waals surface area contributed by atoms with Gasteiger partial charge in [-0.3, -0.25) is 4.79 Å². The number of aliphatic hydroxyl groups is 1. The van der Waals surface area contributed by atoms with E-state index >= 15 is 0 Å². The van der Waals surface area contributed by atoms with Gasteiger partial charge >= 0.3 is 5.97 Å². The summed E-state index contributed by atoms with van der Waals surface area (Å²) in [6.45, 7) is 3.14. The summed E-state index contributed by atoms with van der Waals surface area (Å²) in [6, 6.07) is 6.42. The van der Waals surface area contributed by atoms with Crippen molar-refractivity contribution in [2.45, 2.75) is 19.4 Å². The molecule has 1 rings (SSSR count). The number of nitrogens with one attached hydrogen (secondary N) is 1. The smallest absolute Gasteiger partial charge is 0.337 e. The van der Waals surface area contributed by atoms with Crippen LogP contribution in [0.5, 0.6) is 5.75 Å². The maximum atomic E-state index is 11.7. The van der Waals surface area contributed by atoms with Crippen molar-refractivity contribution >= 4 is 11.9 Å². The standard InChI is InChI=1S/C13H17NO5/c1-3-19-10-6-4-9(5-7-10)11(15)14-8-13(2,18)12(16)17/h4-7,18H,3,8H2,1-2H3,(H,14,15)(H,16,17). The molecule has 0 aliphatic carbocycles. The van der Waals surface area contributed by atoms with E-state index in [0.717, 1.165) is 6.92 Å². The molecule has 0 bridgehead atoms. The van der Waals surface area contributed by atoms with E-state index in [0.29, 0.717) is 17.9 Å². The van der Waals surface area contributed by atoms with E-state index < -0.39 is 17.5 Å². The van der Waals surface area contributed by atoms with Gasteiger partial charge in [0.15, 0.2) is 5.60 Å². The minimum atomic E-state index is -1.99. The Morgan fingerprint density at radius 1 is 1.32 bits per heavy atom. The SMILES string of the molecule is CCOc1ccc(C(=O)NCC(C)(O)C(=O)O)cc1. The molecular weight excluding hydrogens is 250 g/mol. The molecule has 3 N–H and O–H groups in total. The molecule has 0 aliphatic heterocycles. The lowest BCUT2D eigenvalue weighted by Crippen LogP contribution is -2.46. The average molecular weight is 267 g/mol. The van der Waals surface area contributed by atoms with Gasteiger partial charge in [-0.1, -0.05) is 0 Å². The predicted octanol–water partition coefficient (Wildman–Crippen LogP) is 0.651. The van der Waals surface area contributed by atoms with Gasteiger partial charge in [0.1, 0.15) is 5.75 Å². The summed E-state index contributed by atoms with van der Waals surface area (Å²) in [4.78, 5) is 22.4. The fourth-order valence-electron chi connectivity index (χ4n) is 1.30. The van der Waals surface area contributed by atoms with Gasteiger partial charge in [0.25, 0.3) is 5.91 Å². The van der Waals surface area contributed by atoms with E-state index in [1.165, 1.54) is 0 Å². The van der Waals surface area contributed by atoms with Gasteiger partial charge in [0.05, 0.1) is 13.2 Å². The van der Waals surface area contributed by atoms with Gasteiger partial charge in [-0.15, -0.1) is 0 Å². The second kappa shape index (κ2) is 6.19. The lowest BCUT2D eigenvalue weighted by Gasteiger charge is -2.18. The molecule has 0 aliphatic rings. The third kappa shape index (κ3) is 4.26. The molecule has 0 spiro atoms. The molecule has 6 nitrogen and oxygen atoms in total. The van der Waals surface area contributed by atoms with Crippen LogP contribution in [0.15, 0.2) is 24.3 Å². The van der Waals surface area contributed by atoms with Gasteiger partial charge in [-0.2, -0.15) is 0 Å². The first kappa shape index (κ1) is 15.0. The number of rotatable bonds is 6. The number of hydrogen-bond donors (Lipinski definition) is 3. The average Bonchev–Trinajstić information content (AvgIpc) is 2.37. The highest BCUT2D eigenvalue weighted by Crippen LogP contribution is 2.12. The van der Waals surface area contributed by atoms with E-state index in [-0.39, 0.29) is 6.54 Å². The second-order valence-corrected chi connectivity index (χ2v) is 4.22. The van der Waals surface area contributed by atoms with Crippen LogP contribution in [-0.2, 0) is 4.79 Å². The zero-order valence-corrected chi connectivity index (χ0v) is 10.8. The summed E-state index contributed by atoms with van der Waals surface area (Å²) in [7, 11) is 0. The number of carboxylic acids is 1. The summed E-state index contributed by atoms with van der Waals surface area (Å²) in [5.41, 5.74) is -1.62. The molecule has 1 atom stereocenters. The van der Waals surface area contributed by atoms with Gasteiger partial charge < -0.3 is 20.3 Å². The Morgan fingerprint density at radius 3 is 2.37 bits per heavy atom. The van der Waals surface area contributed by atoms with E-state index in [1.54, 1.807) is 24.3 Å². The maximum absolute atomic E-state index is 11.7. The monoisotopic (exact) mass is 267 g/mol. The Kier molecular flexibility index (Phi) is 4.88. The summed E-state index contributed by atoms with van der Waals surface area (Å²) in [5, 5.41) is 20.5. The third-order valence-corrected chi connectivity index (χ3v) is 2.48. The Morgan fingerprint density at radius 2 is 1.89 bits per heavy atom. The number of hydrogen-bond acceptors (Lipinski definition) is 4. The van der Waals surface area contributed by atoms with Gasteiger partial charge in [0.2, 0.25) is 0 Å². The van der Waals surface area contributed by atoms with Crippen LogP contribution in [0.3, 0.4) is 0 Å². The van der Waals surface area contributed by atoms with Gasteiger partial charge in [0, 0.05) is 5.56 Å². The number of carbonyl (C=O) groups excluding carboxylic acids is 1. The zero-order valence-electron chi connectivity index (χ0n) is 10.8. The van der Waals surface area contributed by atoms with Crippen LogP contribution in [0.4, 0.5) is 0 Å². The van der Waals surface area contributed by atoms with Crippen molar-refractivity contribution < 1.29 is 24.5 Å². The highest BCUT2D eigenvalue weighted by Gasteiger charge is 2.30. The van der Waals surface area contributed by atoms with E-state index in [9.17, 15) is 14.7 Å². The number of aliphatic carboxylic acids is 1. The van der Waals surface area contributed by atoms with Crippen LogP contribution in [0, 0.1) is 0 Å². The molecule has 6 heteroatoms. The van der Waals surface area contributed by atoms with Gasteiger partial charge in [-0.25, -0.2) is 4.79 Å².